The third-order valence-electron chi connectivity index (χ3n) is 3.24. The van der Waals surface area contributed by atoms with Gasteiger partial charge in [-0.05, 0) is 30.9 Å². The van der Waals surface area contributed by atoms with Gasteiger partial charge < -0.3 is 0 Å². The van der Waals surface area contributed by atoms with Crippen LogP contribution in [0.1, 0.15) is 56.6 Å². The summed E-state index contributed by atoms with van der Waals surface area (Å²) in [5.74, 6) is 0.227. The second-order valence-electron chi connectivity index (χ2n) is 4.98. The van der Waals surface area contributed by atoms with Crippen molar-refractivity contribution in [1.82, 2.24) is 0 Å². The van der Waals surface area contributed by atoms with Crippen LogP contribution in [0.25, 0.3) is 0 Å². The van der Waals surface area contributed by atoms with E-state index in [-0.39, 0.29) is 10.8 Å². The molecule has 0 aromatic heterocycles. The van der Waals surface area contributed by atoms with Gasteiger partial charge in [-0.1, -0.05) is 50.8 Å². The number of hydrogen-bond donors (Lipinski definition) is 1. The van der Waals surface area contributed by atoms with Gasteiger partial charge in [0.15, 0.2) is 0 Å². The van der Waals surface area contributed by atoms with E-state index in [1.54, 1.807) is 12.1 Å². The lowest BCUT2D eigenvalue weighted by molar-refractivity contribution is 0.578. The smallest absolute Gasteiger partial charge is 0.225 e. The second kappa shape index (κ2) is 6.34. The molecule has 0 aliphatic carbocycles. The average Bonchev–Trinajstić information content (AvgIpc) is 2.27. The molecule has 0 fully saturated rings. The summed E-state index contributed by atoms with van der Waals surface area (Å²) in [5, 5.41) is 5.27. The first-order valence-corrected chi connectivity index (χ1v) is 8.04. The molecule has 0 saturated heterocycles. The molecule has 1 aromatic carbocycles. The van der Waals surface area contributed by atoms with Gasteiger partial charge in [0.05, 0.1) is 4.90 Å². The van der Waals surface area contributed by atoms with E-state index in [4.69, 9.17) is 5.14 Å². The first-order chi connectivity index (χ1) is 8.36. The Morgan fingerprint density at radius 2 is 1.94 bits per heavy atom. The number of benzene rings is 1. The fraction of sp³-hybridized carbons (Fsp3) is 0.571. The van der Waals surface area contributed by atoms with Crippen LogP contribution in [0, 0.1) is 6.92 Å². The van der Waals surface area contributed by atoms with Gasteiger partial charge in [0.2, 0.25) is 10.0 Å². The molecule has 1 aromatic rings. The van der Waals surface area contributed by atoms with Gasteiger partial charge in [0.25, 0.3) is 0 Å². The molecule has 0 amide bonds. The lowest BCUT2D eigenvalue weighted by atomic mass is 9.94. The van der Waals surface area contributed by atoms with Crippen molar-refractivity contribution in [1.29, 1.82) is 0 Å². The van der Waals surface area contributed by atoms with Crippen molar-refractivity contribution in [3.8, 4) is 0 Å². The summed E-state index contributed by atoms with van der Waals surface area (Å²) >= 11 is 0. The summed E-state index contributed by atoms with van der Waals surface area (Å²) in [6.07, 6.45) is 4.47. The summed E-state index contributed by atoms with van der Waals surface area (Å²) in [6, 6.07) is 5.36. The topological polar surface area (TPSA) is 60.2 Å². The quantitative estimate of drug-likeness (QED) is 0.805. The minimum absolute atomic E-state index is 0.227. The summed E-state index contributed by atoms with van der Waals surface area (Å²) in [5.41, 5.74) is 1.92. The lowest BCUT2D eigenvalue weighted by Gasteiger charge is -2.16. The van der Waals surface area contributed by atoms with Crippen LogP contribution in [0.5, 0.6) is 0 Å². The van der Waals surface area contributed by atoms with Crippen molar-refractivity contribution in [2.24, 2.45) is 5.14 Å². The molecule has 0 aliphatic rings. The van der Waals surface area contributed by atoms with Gasteiger partial charge in [0.1, 0.15) is 0 Å². The van der Waals surface area contributed by atoms with E-state index < -0.39 is 10.0 Å². The maximum atomic E-state index is 11.6. The number of rotatable bonds is 6. The normalized spacial score (nSPS) is 13.6. The molecule has 3 nitrogen and oxygen atoms in total. The van der Waals surface area contributed by atoms with Crippen LogP contribution in [0.2, 0.25) is 0 Å². The maximum absolute atomic E-state index is 11.6. The molecule has 2 N–H and O–H groups in total. The Kier molecular flexibility index (Phi) is 5.35. The van der Waals surface area contributed by atoms with Crippen LogP contribution in [-0.4, -0.2) is 8.42 Å². The zero-order valence-electron chi connectivity index (χ0n) is 11.4. The molecule has 4 heteroatoms. The van der Waals surface area contributed by atoms with Crippen LogP contribution in [-0.2, 0) is 10.0 Å². The Morgan fingerprint density at radius 3 is 2.50 bits per heavy atom. The Bertz CT molecular complexity index is 495. The van der Waals surface area contributed by atoms with Crippen LogP contribution in [0.3, 0.4) is 0 Å². The van der Waals surface area contributed by atoms with Gasteiger partial charge >= 0.3 is 0 Å². The minimum atomic E-state index is -3.63. The van der Waals surface area contributed by atoms with Crippen molar-refractivity contribution in [3.63, 3.8) is 0 Å². The SMILES string of the molecule is CCCCCC(C)c1cc(C)ccc1S(N)(=O)=O. The third kappa shape index (κ3) is 4.10. The molecular formula is C14H23NO2S. The molecule has 102 valence electrons. The monoisotopic (exact) mass is 269 g/mol. The van der Waals surface area contributed by atoms with E-state index in [0.717, 1.165) is 24.0 Å². The van der Waals surface area contributed by atoms with E-state index in [0.29, 0.717) is 0 Å². The van der Waals surface area contributed by atoms with Crippen LogP contribution < -0.4 is 5.14 Å². The lowest BCUT2D eigenvalue weighted by Crippen LogP contribution is -2.15. The largest absolute Gasteiger partial charge is 0.238 e. The van der Waals surface area contributed by atoms with Gasteiger partial charge in [-0.2, -0.15) is 0 Å². The van der Waals surface area contributed by atoms with Crippen molar-refractivity contribution in [2.45, 2.75) is 57.3 Å². The Hall–Kier alpha value is -0.870. The first-order valence-electron chi connectivity index (χ1n) is 6.49. The molecule has 1 rings (SSSR count). The van der Waals surface area contributed by atoms with Crippen LogP contribution in [0.4, 0.5) is 0 Å². The number of nitrogens with two attached hydrogens (primary N) is 1. The average molecular weight is 269 g/mol. The highest BCUT2D eigenvalue weighted by molar-refractivity contribution is 7.89. The van der Waals surface area contributed by atoms with Crippen LogP contribution >= 0.6 is 0 Å². The fourth-order valence-electron chi connectivity index (χ4n) is 2.17. The van der Waals surface area contributed by atoms with E-state index in [9.17, 15) is 8.42 Å². The number of unbranched alkanes of at least 4 members (excludes halogenated alkanes) is 2. The predicted octanol–water partition coefficient (Wildman–Crippen LogP) is 3.33. The Labute approximate surface area is 110 Å². The Balaban J connectivity index is 3.02. The molecule has 0 saturated carbocycles. The molecule has 0 heterocycles. The molecule has 0 bridgehead atoms. The predicted molar refractivity (Wildman–Crippen MR) is 75.1 cm³/mol. The molecule has 0 radical (unpaired) electrons. The standard InChI is InChI=1S/C14H23NO2S/c1-4-5-6-7-12(3)13-10-11(2)8-9-14(13)18(15,16)17/h8-10,12H,4-7H2,1-3H3,(H2,15,16,17). The van der Waals surface area contributed by atoms with Gasteiger partial charge in [0, 0.05) is 0 Å². The summed E-state index contributed by atoms with van der Waals surface area (Å²) in [7, 11) is -3.63. The fourth-order valence-corrected chi connectivity index (χ4v) is 3.01. The third-order valence-corrected chi connectivity index (χ3v) is 4.23. The molecule has 0 spiro atoms. The van der Waals surface area contributed by atoms with Crippen LogP contribution in [0.15, 0.2) is 23.1 Å². The second-order valence-corrected chi connectivity index (χ2v) is 6.51. The molecule has 0 aliphatic heterocycles. The maximum Gasteiger partial charge on any atom is 0.238 e. The van der Waals surface area contributed by atoms with Gasteiger partial charge in [-0.15, -0.1) is 0 Å². The van der Waals surface area contributed by atoms with Gasteiger partial charge in [-0.3, -0.25) is 0 Å². The minimum Gasteiger partial charge on any atom is -0.225 e. The van der Waals surface area contributed by atoms with Gasteiger partial charge in [-0.25, -0.2) is 13.6 Å². The van der Waals surface area contributed by atoms with E-state index in [2.05, 4.69) is 13.8 Å². The van der Waals surface area contributed by atoms with E-state index in [1.807, 2.05) is 13.0 Å². The summed E-state index contributed by atoms with van der Waals surface area (Å²) in [6.45, 7) is 6.20. The van der Waals surface area contributed by atoms with Crippen molar-refractivity contribution in [2.75, 3.05) is 0 Å². The molecule has 18 heavy (non-hydrogen) atoms. The highest BCUT2D eigenvalue weighted by Crippen LogP contribution is 2.28. The molecular weight excluding hydrogens is 246 g/mol. The number of hydrogen-bond acceptors (Lipinski definition) is 2. The van der Waals surface area contributed by atoms with Crippen molar-refractivity contribution >= 4 is 10.0 Å². The van der Waals surface area contributed by atoms with Crippen molar-refractivity contribution < 1.29 is 8.42 Å². The number of primary sulfonamides is 1. The zero-order chi connectivity index (χ0) is 13.8. The highest BCUT2D eigenvalue weighted by atomic mass is 32.2. The first kappa shape index (κ1) is 15.2. The number of sulfonamides is 1. The van der Waals surface area contributed by atoms with E-state index in [1.165, 1.54) is 12.8 Å². The summed E-state index contributed by atoms with van der Waals surface area (Å²) < 4.78 is 23.2. The number of aryl methyl sites for hydroxylation is 1. The molecule has 1 unspecified atom stereocenters. The zero-order valence-corrected chi connectivity index (χ0v) is 12.3. The Morgan fingerprint density at radius 1 is 1.28 bits per heavy atom. The summed E-state index contributed by atoms with van der Waals surface area (Å²) in [4.78, 5) is 0.275. The molecule has 1 atom stereocenters. The van der Waals surface area contributed by atoms with Crippen molar-refractivity contribution in [3.05, 3.63) is 29.3 Å². The van der Waals surface area contributed by atoms with E-state index >= 15 is 0 Å². The highest BCUT2D eigenvalue weighted by Gasteiger charge is 2.18.